The lowest BCUT2D eigenvalue weighted by Gasteiger charge is -2.35. The molecule has 98 valence electrons. The van der Waals surface area contributed by atoms with Crippen molar-refractivity contribution in [2.45, 2.75) is 38.1 Å². The first-order chi connectivity index (χ1) is 8.26. The van der Waals surface area contributed by atoms with Crippen LogP contribution in [-0.2, 0) is 4.79 Å². The molecule has 0 aromatic carbocycles. The number of carbonyl (C=O) groups excluding carboxylic acids is 1. The molecule has 1 aliphatic carbocycles. The predicted octanol–water partition coefficient (Wildman–Crippen LogP) is 0.605. The van der Waals surface area contributed by atoms with Crippen LogP contribution in [0.2, 0.25) is 0 Å². The fourth-order valence-corrected chi connectivity index (χ4v) is 3.27. The Balaban J connectivity index is 1.91. The molecular weight excluding hydrogens is 216 g/mol. The van der Waals surface area contributed by atoms with E-state index in [0.717, 1.165) is 32.4 Å². The van der Waals surface area contributed by atoms with Gasteiger partial charge in [0, 0.05) is 19.7 Å². The van der Waals surface area contributed by atoms with E-state index in [1.54, 1.807) is 0 Å². The number of nitrogens with zero attached hydrogens (tertiary/aromatic N) is 1. The van der Waals surface area contributed by atoms with Gasteiger partial charge in [0.05, 0.1) is 6.04 Å². The van der Waals surface area contributed by atoms with Gasteiger partial charge in [-0.05, 0) is 44.6 Å². The number of rotatable bonds is 4. The van der Waals surface area contributed by atoms with Gasteiger partial charge in [0.1, 0.15) is 0 Å². The fourth-order valence-electron chi connectivity index (χ4n) is 3.27. The van der Waals surface area contributed by atoms with Gasteiger partial charge in [-0.2, -0.15) is 0 Å². The minimum atomic E-state index is 0.0118. The van der Waals surface area contributed by atoms with Gasteiger partial charge in [0.2, 0.25) is 5.91 Å². The zero-order valence-electron chi connectivity index (χ0n) is 10.7. The summed E-state index contributed by atoms with van der Waals surface area (Å²) in [4.78, 5) is 14.1. The van der Waals surface area contributed by atoms with Crippen LogP contribution in [0.15, 0.2) is 0 Å². The Hall–Kier alpha value is -0.610. The molecule has 4 heteroatoms. The van der Waals surface area contributed by atoms with Gasteiger partial charge >= 0.3 is 0 Å². The summed E-state index contributed by atoms with van der Waals surface area (Å²) in [6.07, 6.45) is 5.54. The van der Waals surface area contributed by atoms with E-state index >= 15 is 0 Å². The number of aliphatic hydroxyl groups excluding tert-OH is 1. The molecule has 4 nitrogen and oxygen atoms in total. The van der Waals surface area contributed by atoms with E-state index in [1.165, 1.54) is 12.8 Å². The van der Waals surface area contributed by atoms with Gasteiger partial charge < -0.3 is 15.3 Å². The van der Waals surface area contributed by atoms with Crippen LogP contribution in [-0.4, -0.2) is 48.7 Å². The summed E-state index contributed by atoms with van der Waals surface area (Å²) in [5.41, 5.74) is 0. The second-order valence-corrected chi connectivity index (χ2v) is 5.40. The number of nitrogens with one attached hydrogen (secondary N) is 1. The predicted molar refractivity (Wildman–Crippen MR) is 66.6 cm³/mol. The number of hydrogen-bond donors (Lipinski definition) is 2. The maximum atomic E-state index is 12.1. The van der Waals surface area contributed by atoms with E-state index in [1.807, 2.05) is 11.9 Å². The van der Waals surface area contributed by atoms with E-state index in [0.29, 0.717) is 11.8 Å². The number of piperidine rings is 1. The van der Waals surface area contributed by atoms with E-state index in [-0.39, 0.29) is 18.6 Å². The summed E-state index contributed by atoms with van der Waals surface area (Å²) in [7, 11) is 1.86. The average Bonchev–Trinajstić information content (AvgIpc) is 2.79. The largest absolute Gasteiger partial charge is 0.396 e. The van der Waals surface area contributed by atoms with Crippen LogP contribution in [0.25, 0.3) is 0 Å². The Morgan fingerprint density at radius 1 is 1.29 bits per heavy atom. The molecule has 1 saturated heterocycles. The van der Waals surface area contributed by atoms with Crippen molar-refractivity contribution in [3.05, 3.63) is 0 Å². The van der Waals surface area contributed by atoms with Crippen molar-refractivity contribution in [1.82, 2.24) is 10.2 Å². The van der Waals surface area contributed by atoms with Crippen LogP contribution < -0.4 is 5.32 Å². The van der Waals surface area contributed by atoms with E-state index in [2.05, 4.69) is 5.32 Å². The lowest BCUT2D eigenvalue weighted by molar-refractivity contribution is -0.136. The Bertz CT molecular complexity index is 270. The highest BCUT2D eigenvalue weighted by atomic mass is 16.3. The molecule has 2 rings (SSSR count). The van der Waals surface area contributed by atoms with Crippen LogP contribution in [0.4, 0.5) is 0 Å². The minimum absolute atomic E-state index is 0.0118. The Morgan fingerprint density at radius 3 is 2.76 bits per heavy atom. The SMILES string of the molecule is CNC1CCCN(CC2CCCC2CO)C1=O. The average molecular weight is 240 g/mol. The van der Waals surface area contributed by atoms with Crippen molar-refractivity contribution >= 4 is 5.91 Å². The molecule has 0 spiro atoms. The number of likely N-dealkylation sites (tertiary alicyclic amines) is 1. The maximum Gasteiger partial charge on any atom is 0.239 e. The molecular formula is C13H24N2O2. The van der Waals surface area contributed by atoms with E-state index in [9.17, 15) is 9.90 Å². The smallest absolute Gasteiger partial charge is 0.239 e. The van der Waals surface area contributed by atoms with Crippen molar-refractivity contribution in [2.75, 3.05) is 26.7 Å². The first-order valence-corrected chi connectivity index (χ1v) is 6.83. The topological polar surface area (TPSA) is 52.6 Å². The van der Waals surface area contributed by atoms with Crippen molar-refractivity contribution in [1.29, 1.82) is 0 Å². The zero-order chi connectivity index (χ0) is 12.3. The lowest BCUT2D eigenvalue weighted by Crippen LogP contribution is -2.51. The number of likely N-dealkylation sites (N-methyl/N-ethyl adjacent to an activating group) is 1. The van der Waals surface area contributed by atoms with Crippen LogP contribution in [0.5, 0.6) is 0 Å². The molecule has 1 heterocycles. The van der Waals surface area contributed by atoms with Gasteiger partial charge in [-0.15, -0.1) is 0 Å². The molecule has 3 atom stereocenters. The summed E-state index contributed by atoms with van der Waals surface area (Å²) in [6, 6.07) is 0.0118. The van der Waals surface area contributed by atoms with Gasteiger partial charge in [-0.25, -0.2) is 0 Å². The first kappa shape index (κ1) is 12.8. The Kier molecular flexibility index (Phi) is 4.40. The third-order valence-electron chi connectivity index (χ3n) is 4.38. The number of hydrogen-bond acceptors (Lipinski definition) is 3. The fraction of sp³-hybridized carbons (Fsp3) is 0.923. The molecule has 1 aliphatic heterocycles. The van der Waals surface area contributed by atoms with Crippen molar-refractivity contribution in [3.63, 3.8) is 0 Å². The zero-order valence-corrected chi connectivity index (χ0v) is 10.7. The van der Waals surface area contributed by atoms with Crippen molar-refractivity contribution in [2.24, 2.45) is 11.8 Å². The number of carbonyl (C=O) groups is 1. The number of aliphatic hydroxyl groups is 1. The normalized spacial score (nSPS) is 34.4. The standard InChI is InChI=1S/C13H24N2O2/c1-14-12-6-3-7-15(13(12)17)8-10-4-2-5-11(10)9-16/h10-12,14,16H,2-9H2,1H3. The third-order valence-corrected chi connectivity index (χ3v) is 4.38. The molecule has 1 amide bonds. The molecule has 0 aromatic heterocycles. The van der Waals surface area contributed by atoms with Crippen LogP contribution in [0.3, 0.4) is 0 Å². The second-order valence-electron chi connectivity index (χ2n) is 5.40. The summed E-state index contributed by atoms with van der Waals surface area (Å²) in [5, 5.41) is 12.4. The van der Waals surface area contributed by atoms with E-state index < -0.39 is 0 Å². The monoisotopic (exact) mass is 240 g/mol. The van der Waals surface area contributed by atoms with Gasteiger partial charge in [0.25, 0.3) is 0 Å². The highest BCUT2D eigenvalue weighted by molar-refractivity contribution is 5.82. The molecule has 0 aromatic rings. The molecule has 2 aliphatic rings. The molecule has 2 N–H and O–H groups in total. The first-order valence-electron chi connectivity index (χ1n) is 6.83. The quantitative estimate of drug-likeness (QED) is 0.757. The van der Waals surface area contributed by atoms with Crippen molar-refractivity contribution in [3.8, 4) is 0 Å². The van der Waals surface area contributed by atoms with Crippen LogP contribution in [0.1, 0.15) is 32.1 Å². The second kappa shape index (κ2) is 5.83. The van der Waals surface area contributed by atoms with E-state index in [4.69, 9.17) is 0 Å². The lowest BCUT2D eigenvalue weighted by atomic mass is 9.94. The molecule has 0 bridgehead atoms. The molecule has 1 saturated carbocycles. The summed E-state index contributed by atoms with van der Waals surface area (Å²) < 4.78 is 0. The van der Waals surface area contributed by atoms with Gasteiger partial charge in [-0.3, -0.25) is 4.79 Å². The van der Waals surface area contributed by atoms with Crippen LogP contribution in [0, 0.1) is 11.8 Å². The third kappa shape index (κ3) is 2.80. The van der Waals surface area contributed by atoms with Gasteiger partial charge in [0.15, 0.2) is 0 Å². The highest BCUT2D eigenvalue weighted by Gasteiger charge is 2.33. The Labute approximate surface area is 103 Å². The van der Waals surface area contributed by atoms with Crippen LogP contribution >= 0.6 is 0 Å². The molecule has 3 unspecified atom stereocenters. The maximum absolute atomic E-state index is 12.1. The summed E-state index contributed by atoms with van der Waals surface area (Å²) in [6.45, 7) is 2.02. The van der Waals surface area contributed by atoms with Gasteiger partial charge in [-0.1, -0.05) is 6.42 Å². The molecule has 2 fully saturated rings. The summed E-state index contributed by atoms with van der Waals surface area (Å²) >= 11 is 0. The minimum Gasteiger partial charge on any atom is -0.396 e. The summed E-state index contributed by atoms with van der Waals surface area (Å²) in [5.74, 6) is 1.18. The molecule has 0 radical (unpaired) electrons. The number of amides is 1. The highest BCUT2D eigenvalue weighted by Crippen LogP contribution is 2.32. The molecule has 17 heavy (non-hydrogen) atoms. The van der Waals surface area contributed by atoms with Crippen molar-refractivity contribution < 1.29 is 9.90 Å². The Morgan fingerprint density at radius 2 is 2.06 bits per heavy atom.